The lowest BCUT2D eigenvalue weighted by atomic mass is 10.1. The van der Waals surface area contributed by atoms with Crippen molar-refractivity contribution in [2.45, 2.75) is 0 Å². The van der Waals surface area contributed by atoms with E-state index in [9.17, 15) is 0 Å². The number of nitriles is 3. The zero-order valence-corrected chi connectivity index (χ0v) is 8.19. The summed E-state index contributed by atoms with van der Waals surface area (Å²) in [6, 6.07) is 6.56. The average molecular weight is 222 g/mol. The van der Waals surface area contributed by atoms with Crippen LogP contribution in [0.15, 0.2) is 6.07 Å². The van der Waals surface area contributed by atoms with Crippen LogP contribution in [0.25, 0.3) is 0 Å². The molecule has 0 saturated carbocycles. The van der Waals surface area contributed by atoms with Crippen LogP contribution in [0.1, 0.15) is 16.7 Å². The number of nitrogens with zero attached hydrogens (tertiary/aromatic N) is 3. The molecule has 0 aliphatic rings. The van der Waals surface area contributed by atoms with Crippen molar-refractivity contribution in [2.75, 3.05) is 0 Å². The van der Waals surface area contributed by atoms with Gasteiger partial charge in [0.25, 0.3) is 0 Å². The fourth-order valence-corrected chi connectivity index (χ4v) is 1.41. The van der Waals surface area contributed by atoms with Crippen LogP contribution in [0.2, 0.25) is 10.0 Å². The summed E-state index contributed by atoms with van der Waals surface area (Å²) in [5.74, 6) is 0. The summed E-state index contributed by atoms with van der Waals surface area (Å²) in [7, 11) is 0. The van der Waals surface area contributed by atoms with Crippen molar-refractivity contribution < 1.29 is 0 Å². The third kappa shape index (κ3) is 1.50. The van der Waals surface area contributed by atoms with Crippen LogP contribution in [-0.4, -0.2) is 0 Å². The molecule has 0 bridgehead atoms. The van der Waals surface area contributed by atoms with E-state index in [0.29, 0.717) is 0 Å². The highest BCUT2D eigenvalue weighted by molar-refractivity contribution is 6.38. The predicted octanol–water partition coefficient (Wildman–Crippen LogP) is 2.61. The maximum absolute atomic E-state index is 8.70. The Labute approximate surface area is 90.3 Å². The summed E-state index contributed by atoms with van der Waals surface area (Å²) >= 11 is 11.4. The molecule has 14 heavy (non-hydrogen) atoms. The first-order valence-corrected chi connectivity index (χ1v) is 4.13. The molecule has 0 unspecified atom stereocenters. The van der Waals surface area contributed by atoms with E-state index >= 15 is 0 Å². The van der Waals surface area contributed by atoms with Crippen LogP contribution < -0.4 is 0 Å². The molecule has 0 aliphatic heterocycles. The number of benzene rings is 1. The zero-order chi connectivity index (χ0) is 10.7. The molecular weight excluding hydrogens is 221 g/mol. The van der Waals surface area contributed by atoms with Crippen molar-refractivity contribution in [2.24, 2.45) is 0 Å². The van der Waals surface area contributed by atoms with Crippen molar-refractivity contribution in [3.63, 3.8) is 0 Å². The van der Waals surface area contributed by atoms with Gasteiger partial charge in [0.1, 0.15) is 18.2 Å². The third-order valence-electron chi connectivity index (χ3n) is 1.55. The summed E-state index contributed by atoms with van der Waals surface area (Å²) < 4.78 is 0. The van der Waals surface area contributed by atoms with Gasteiger partial charge in [-0.3, -0.25) is 0 Å². The SMILES string of the molecule is N#Cc1cc(C#N)c(Cl)c(C#N)c1Cl. The van der Waals surface area contributed by atoms with Crippen molar-refractivity contribution in [3.8, 4) is 18.2 Å². The van der Waals surface area contributed by atoms with Crippen molar-refractivity contribution in [1.29, 1.82) is 15.8 Å². The molecule has 0 spiro atoms. The van der Waals surface area contributed by atoms with Gasteiger partial charge in [0.15, 0.2) is 0 Å². The standard InChI is InChI=1S/C9HCl2N3/c10-8-5(2-12)1-6(3-13)9(11)7(8)4-14/h1H. The highest BCUT2D eigenvalue weighted by Gasteiger charge is 2.14. The monoisotopic (exact) mass is 221 g/mol. The topological polar surface area (TPSA) is 71.4 Å². The Kier molecular flexibility index (Phi) is 2.95. The molecular formula is C9HCl2N3. The van der Waals surface area contributed by atoms with Gasteiger partial charge in [-0.05, 0) is 6.07 Å². The summed E-state index contributed by atoms with van der Waals surface area (Å²) in [6.45, 7) is 0. The van der Waals surface area contributed by atoms with E-state index in [2.05, 4.69) is 0 Å². The molecule has 0 heterocycles. The third-order valence-corrected chi connectivity index (χ3v) is 2.34. The molecule has 0 saturated heterocycles. The Bertz CT molecular complexity index is 477. The van der Waals surface area contributed by atoms with Gasteiger partial charge in [0.2, 0.25) is 0 Å². The van der Waals surface area contributed by atoms with Crippen LogP contribution in [0.4, 0.5) is 0 Å². The van der Waals surface area contributed by atoms with Gasteiger partial charge in [-0.1, -0.05) is 23.2 Å². The molecule has 66 valence electrons. The number of hydrogen-bond donors (Lipinski definition) is 0. The van der Waals surface area contributed by atoms with Gasteiger partial charge in [-0.2, -0.15) is 15.8 Å². The number of halogens is 2. The van der Waals surface area contributed by atoms with Crippen LogP contribution in [0, 0.1) is 34.0 Å². The van der Waals surface area contributed by atoms with Gasteiger partial charge in [0.05, 0.1) is 26.7 Å². The first-order valence-electron chi connectivity index (χ1n) is 3.38. The normalized spacial score (nSPS) is 8.50. The number of hydrogen-bond acceptors (Lipinski definition) is 3. The Hall–Kier alpha value is -1.73. The summed E-state index contributed by atoms with van der Waals surface area (Å²) in [6.07, 6.45) is 0. The van der Waals surface area contributed by atoms with Crippen LogP contribution in [-0.2, 0) is 0 Å². The van der Waals surface area contributed by atoms with E-state index < -0.39 is 0 Å². The lowest BCUT2D eigenvalue weighted by molar-refractivity contribution is 1.42. The van der Waals surface area contributed by atoms with E-state index in [1.807, 2.05) is 0 Å². The second-order valence-electron chi connectivity index (χ2n) is 2.31. The highest BCUT2D eigenvalue weighted by Crippen LogP contribution is 2.30. The van der Waals surface area contributed by atoms with Gasteiger partial charge < -0.3 is 0 Å². The lowest BCUT2D eigenvalue weighted by Crippen LogP contribution is -1.89. The van der Waals surface area contributed by atoms with Crippen LogP contribution in [0.5, 0.6) is 0 Å². The molecule has 5 heteroatoms. The van der Waals surface area contributed by atoms with Gasteiger partial charge in [-0.25, -0.2) is 0 Å². The Balaban J connectivity index is 3.71. The molecule has 0 N–H and O–H groups in total. The zero-order valence-electron chi connectivity index (χ0n) is 6.67. The van der Waals surface area contributed by atoms with Crippen LogP contribution >= 0.6 is 23.2 Å². The predicted molar refractivity (Wildman–Crippen MR) is 50.6 cm³/mol. The quantitative estimate of drug-likeness (QED) is 0.677. The fraction of sp³-hybridized carbons (Fsp3) is 0. The lowest BCUT2D eigenvalue weighted by Gasteiger charge is -2.01. The first kappa shape index (κ1) is 10.4. The molecule has 3 nitrogen and oxygen atoms in total. The Morgan fingerprint density at radius 3 is 1.57 bits per heavy atom. The molecule has 0 fully saturated rings. The van der Waals surface area contributed by atoms with Crippen molar-refractivity contribution in [1.82, 2.24) is 0 Å². The molecule has 0 radical (unpaired) electrons. The average Bonchev–Trinajstić information content (AvgIpc) is 2.19. The first-order chi connectivity index (χ1) is 6.65. The minimum Gasteiger partial charge on any atom is -0.192 e. The second kappa shape index (κ2) is 3.99. The fourth-order valence-electron chi connectivity index (χ4n) is 0.898. The molecule has 0 amide bonds. The van der Waals surface area contributed by atoms with Crippen molar-refractivity contribution in [3.05, 3.63) is 32.8 Å². The van der Waals surface area contributed by atoms with Gasteiger partial charge in [0, 0.05) is 0 Å². The summed E-state index contributed by atoms with van der Waals surface area (Å²) in [5, 5.41) is 26.0. The van der Waals surface area contributed by atoms with E-state index in [1.54, 1.807) is 18.2 Å². The molecule has 1 rings (SSSR count). The summed E-state index contributed by atoms with van der Waals surface area (Å²) in [4.78, 5) is 0. The molecule has 1 aromatic rings. The van der Waals surface area contributed by atoms with Gasteiger partial charge in [-0.15, -0.1) is 0 Å². The maximum atomic E-state index is 8.70. The molecule has 1 aromatic carbocycles. The summed E-state index contributed by atoms with van der Waals surface area (Å²) in [5.41, 5.74) is 0.109. The van der Waals surface area contributed by atoms with E-state index in [0.717, 1.165) is 0 Å². The maximum Gasteiger partial charge on any atom is 0.102 e. The minimum atomic E-state index is -0.0380. The molecule has 0 aliphatic carbocycles. The van der Waals surface area contributed by atoms with Crippen molar-refractivity contribution >= 4 is 23.2 Å². The molecule has 0 aromatic heterocycles. The highest BCUT2D eigenvalue weighted by atomic mass is 35.5. The molecule has 0 atom stereocenters. The largest absolute Gasteiger partial charge is 0.192 e. The van der Waals surface area contributed by atoms with Crippen LogP contribution in [0.3, 0.4) is 0 Å². The Morgan fingerprint density at radius 1 is 0.857 bits per heavy atom. The second-order valence-corrected chi connectivity index (χ2v) is 3.07. The minimum absolute atomic E-state index is 0.0148. The van der Waals surface area contributed by atoms with E-state index in [1.165, 1.54) is 6.07 Å². The Morgan fingerprint density at radius 2 is 1.29 bits per heavy atom. The smallest absolute Gasteiger partial charge is 0.102 e. The van der Waals surface area contributed by atoms with E-state index in [-0.39, 0.29) is 26.7 Å². The number of rotatable bonds is 0. The van der Waals surface area contributed by atoms with E-state index in [4.69, 9.17) is 39.0 Å². The van der Waals surface area contributed by atoms with Gasteiger partial charge >= 0.3 is 0 Å².